The van der Waals surface area contributed by atoms with Crippen molar-refractivity contribution in [1.29, 1.82) is 0 Å². The largest absolute Gasteiger partial charge is 0.504 e. The first-order valence-electron chi connectivity index (χ1n) is 2.71. The Balaban J connectivity index is 3.14. The van der Waals surface area contributed by atoms with Gasteiger partial charge in [0.05, 0.1) is 7.11 Å². The van der Waals surface area contributed by atoms with Gasteiger partial charge in [-0.2, -0.15) is 0 Å². The minimum atomic E-state index is -0.249. The fraction of sp³-hybridized carbons (Fsp3) is 0.143. The van der Waals surface area contributed by atoms with E-state index in [4.69, 9.17) is 10.2 Å². The highest BCUT2D eigenvalue weighted by atomic mass is 16.5. The highest BCUT2D eigenvalue weighted by Crippen LogP contribution is 2.33. The minimum absolute atomic E-state index is 0.222. The van der Waals surface area contributed by atoms with E-state index in [0.717, 1.165) is 0 Å². The molecule has 0 bridgehead atoms. The quantitative estimate of drug-likeness (QED) is 0.568. The second-order valence-electron chi connectivity index (χ2n) is 1.76. The van der Waals surface area contributed by atoms with Crippen LogP contribution in [0.1, 0.15) is 0 Å². The van der Waals surface area contributed by atoms with Gasteiger partial charge in [0.2, 0.25) is 5.75 Å². The van der Waals surface area contributed by atoms with Gasteiger partial charge in [-0.25, -0.2) is 0 Å². The lowest BCUT2D eigenvalue weighted by Crippen LogP contribution is -1.82. The number of benzene rings is 1. The molecule has 0 spiro atoms. The Morgan fingerprint density at radius 2 is 2.10 bits per heavy atom. The molecule has 1 radical (unpaired) electrons. The molecule has 0 unspecified atom stereocenters. The number of hydrogen-bond acceptors (Lipinski definition) is 3. The van der Waals surface area contributed by atoms with Crippen molar-refractivity contribution in [3.05, 3.63) is 18.2 Å². The van der Waals surface area contributed by atoms with E-state index in [1.54, 1.807) is 0 Å². The van der Waals surface area contributed by atoms with Crippen LogP contribution in [0.2, 0.25) is 0 Å². The maximum Gasteiger partial charge on any atom is 0.200 e. The van der Waals surface area contributed by atoms with Crippen LogP contribution in [0.5, 0.6) is 17.2 Å². The fourth-order valence-electron chi connectivity index (χ4n) is 0.615. The zero-order valence-electron chi connectivity index (χ0n) is 5.46. The Hall–Kier alpha value is -1.38. The van der Waals surface area contributed by atoms with E-state index >= 15 is 0 Å². The van der Waals surface area contributed by atoms with Crippen LogP contribution < -0.4 is 4.74 Å². The van der Waals surface area contributed by atoms with Crippen molar-refractivity contribution in [2.45, 2.75) is 0 Å². The fourth-order valence-corrected chi connectivity index (χ4v) is 0.615. The third kappa shape index (κ3) is 0.978. The normalized spacial score (nSPS) is 9.30. The van der Waals surface area contributed by atoms with Crippen molar-refractivity contribution < 1.29 is 14.9 Å². The predicted octanol–water partition coefficient (Wildman–Crippen LogP) is 0.907. The molecule has 3 nitrogen and oxygen atoms in total. The van der Waals surface area contributed by atoms with Crippen LogP contribution in [0.25, 0.3) is 0 Å². The van der Waals surface area contributed by atoms with Gasteiger partial charge >= 0.3 is 0 Å². The summed E-state index contributed by atoms with van der Waals surface area (Å²) < 4.78 is 4.68. The summed E-state index contributed by atoms with van der Waals surface area (Å²) in [6.07, 6.45) is 0. The number of aromatic hydroxyl groups is 2. The summed E-state index contributed by atoms with van der Waals surface area (Å²) in [4.78, 5) is 0. The second kappa shape index (κ2) is 2.47. The Bertz CT molecular complexity index is 232. The van der Waals surface area contributed by atoms with Crippen molar-refractivity contribution in [3.63, 3.8) is 0 Å². The molecule has 53 valence electrons. The Labute approximate surface area is 58.5 Å². The van der Waals surface area contributed by atoms with Gasteiger partial charge in [-0.05, 0) is 18.2 Å². The molecule has 0 aliphatic rings. The van der Waals surface area contributed by atoms with E-state index in [1.807, 2.05) is 0 Å². The summed E-state index contributed by atoms with van der Waals surface area (Å²) in [5.74, 6) is -0.249. The van der Waals surface area contributed by atoms with Gasteiger partial charge in [0.15, 0.2) is 11.5 Å². The van der Waals surface area contributed by atoms with Crippen LogP contribution in [0.15, 0.2) is 12.1 Å². The van der Waals surface area contributed by atoms with Gasteiger partial charge in [-0.1, -0.05) is 0 Å². The van der Waals surface area contributed by atoms with E-state index in [-0.39, 0.29) is 17.2 Å². The summed E-state index contributed by atoms with van der Waals surface area (Å²) in [6, 6.07) is 5.29. The van der Waals surface area contributed by atoms with Crippen LogP contribution in [-0.4, -0.2) is 17.3 Å². The molecule has 1 rings (SSSR count). The monoisotopic (exact) mass is 139 g/mol. The molecule has 1 aromatic carbocycles. The highest BCUT2D eigenvalue weighted by Gasteiger charge is 2.03. The maximum absolute atomic E-state index is 9.00. The molecule has 0 fully saturated rings. The van der Waals surface area contributed by atoms with Crippen LogP contribution in [0, 0.1) is 6.07 Å². The molecule has 0 atom stereocenters. The number of phenols is 2. The molecule has 0 saturated heterocycles. The van der Waals surface area contributed by atoms with Gasteiger partial charge in [0, 0.05) is 0 Å². The van der Waals surface area contributed by atoms with Gasteiger partial charge in [-0.3, -0.25) is 0 Å². The molecule has 0 heterocycles. The van der Waals surface area contributed by atoms with E-state index in [2.05, 4.69) is 10.8 Å². The lowest BCUT2D eigenvalue weighted by Gasteiger charge is -2.02. The SMILES string of the molecule is COc1c[c]cc(O)c1O. The lowest BCUT2D eigenvalue weighted by atomic mass is 10.3. The molecule has 0 aliphatic heterocycles. The Morgan fingerprint density at radius 3 is 2.60 bits per heavy atom. The number of rotatable bonds is 1. The predicted molar refractivity (Wildman–Crippen MR) is 35.2 cm³/mol. The molecule has 0 aliphatic carbocycles. The molecule has 0 aromatic heterocycles. The van der Waals surface area contributed by atoms with Gasteiger partial charge in [0.25, 0.3) is 0 Å². The summed E-state index contributed by atoms with van der Waals surface area (Å²) >= 11 is 0. The summed E-state index contributed by atoms with van der Waals surface area (Å²) in [7, 11) is 1.41. The van der Waals surface area contributed by atoms with Crippen molar-refractivity contribution in [2.75, 3.05) is 7.11 Å². The molecule has 2 N–H and O–H groups in total. The Kier molecular flexibility index (Phi) is 1.67. The van der Waals surface area contributed by atoms with Gasteiger partial charge in [0.1, 0.15) is 0 Å². The van der Waals surface area contributed by atoms with Crippen LogP contribution >= 0.6 is 0 Å². The van der Waals surface area contributed by atoms with E-state index in [1.165, 1.54) is 19.2 Å². The average Bonchev–Trinajstić information content (AvgIpc) is 1.95. The van der Waals surface area contributed by atoms with Crippen molar-refractivity contribution >= 4 is 0 Å². The molecule has 10 heavy (non-hydrogen) atoms. The molecular formula is C7H7O3. The third-order valence-electron chi connectivity index (χ3n) is 1.13. The topological polar surface area (TPSA) is 49.7 Å². The van der Waals surface area contributed by atoms with Gasteiger partial charge in [-0.15, -0.1) is 0 Å². The molecule has 0 amide bonds. The van der Waals surface area contributed by atoms with Crippen LogP contribution in [0.4, 0.5) is 0 Å². The second-order valence-corrected chi connectivity index (χ2v) is 1.76. The smallest absolute Gasteiger partial charge is 0.200 e. The van der Waals surface area contributed by atoms with Crippen molar-refractivity contribution in [3.8, 4) is 17.2 Å². The summed E-state index contributed by atoms with van der Waals surface area (Å²) in [5.41, 5.74) is 0. The average molecular weight is 139 g/mol. The first kappa shape index (κ1) is 6.74. The van der Waals surface area contributed by atoms with Crippen LogP contribution in [0.3, 0.4) is 0 Å². The van der Waals surface area contributed by atoms with Crippen molar-refractivity contribution in [2.24, 2.45) is 0 Å². The number of ether oxygens (including phenoxy) is 1. The zero-order valence-corrected chi connectivity index (χ0v) is 5.46. The summed E-state index contributed by atoms with van der Waals surface area (Å²) in [6.45, 7) is 0. The third-order valence-corrected chi connectivity index (χ3v) is 1.13. The summed E-state index contributed by atoms with van der Waals surface area (Å²) in [5, 5.41) is 17.9. The van der Waals surface area contributed by atoms with E-state index in [9.17, 15) is 0 Å². The minimum Gasteiger partial charge on any atom is -0.504 e. The molecule has 1 aromatic rings. The first-order chi connectivity index (χ1) is 4.75. The standard InChI is InChI=1S/C7H7O3/c1-10-6-4-2-3-5(8)7(6)9/h3-4,8-9H,1H3. The number of hydrogen-bond donors (Lipinski definition) is 2. The highest BCUT2D eigenvalue weighted by molar-refractivity contribution is 5.48. The maximum atomic E-state index is 9.00. The molecule has 0 saturated carbocycles. The lowest BCUT2D eigenvalue weighted by molar-refractivity contribution is 0.351. The molecule has 3 heteroatoms. The van der Waals surface area contributed by atoms with Crippen molar-refractivity contribution in [1.82, 2.24) is 0 Å². The van der Waals surface area contributed by atoms with E-state index in [0.29, 0.717) is 0 Å². The van der Waals surface area contributed by atoms with Gasteiger partial charge < -0.3 is 14.9 Å². The number of phenolic OH excluding ortho intramolecular Hbond substituents is 2. The zero-order chi connectivity index (χ0) is 7.56. The van der Waals surface area contributed by atoms with E-state index < -0.39 is 0 Å². The Morgan fingerprint density at radius 1 is 1.40 bits per heavy atom. The number of methoxy groups -OCH3 is 1. The first-order valence-corrected chi connectivity index (χ1v) is 2.71. The molecular weight excluding hydrogens is 132 g/mol. The van der Waals surface area contributed by atoms with Crippen LogP contribution in [-0.2, 0) is 0 Å².